The van der Waals surface area contributed by atoms with Gasteiger partial charge < -0.3 is 10.6 Å². The standard InChI is InChI=1S/C16H22BN3OS/c1-16(11-4-5-18-13(17)8-11)14(21)20-15(22-16)19-12-7-9-2-3-10(12)6-9/h4-5,8-10,12-13,18H,2-3,6-7,17H2,1H3,(H,19,20,21). The molecule has 2 bridgehead atoms. The minimum Gasteiger partial charge on any atom is -0.392 e. The Morgan fingerprint density at radius 1 is 1.45 bits per heavy atom. The number of rotatable bonds is 2. The lowest BCUT2D eigenvalue weighted by Gasteiger charge is -2.27. The van der Waals surface area contributed by atoms with E-state index in [0.29, 0.717) is 6.04 Å². The van der Waals surface area contributed by atoms with Crippen molar-refractivity contribution in [3.63, 3.8) is 0 Å². The van der Waals surface area contributed by atoms with Gasteiger partial charge in [0.2, 0.25) is 0 Å². The van der Waals surface area contributed by atoms with E-state index < -0.39 is 4.75 Å². The largest absolute Gasteiger partial charge is 0.392 e. The maximum absolute atomic E-state index is 12.5. The molecule has 116 valence electrons. The molecule has 4 rings (SSSR count). The van der Waals surface area contributed by atoms with Crippen LogP contribution >= 0.6 is 11.8 Å². The van der Waals surface area contributed by atoms with Crippen molar-refractivity contribution >= 4 is 30.7 Å². The van der Waals surface area contributed by atoms with Crippen molar-refractivity contribution in [3.05, 3.63) is 23.9 Å². The first-order valence-electron chi connectivity index (χ1n) is 8.28. The first kappa shape index (κ1) is 14.4. The molecule has 6 heteroatoms. The van der Waals surface area contributed by atoms with Gasteiger partial charge in [0.15, 0.2) is 5.17 Å². The van der Waals surface area contributed by atoms with Crippen LogP contribution in [0.2, 0.25) is 0 Å². The van der Waals surface area contributed by atoms with E-state index in [1.54, 1.807) is 11.8 Å². The van der Waals surface area contributed by atoms with Crippen LogP contribution < -0.4 is 10.6 Å². The van der Waals surface area contributed by atoms with Gasteiger partial charge in [-0.25, -0.2) is 0 Å². The Kier molecular flexibility index (Phi) is 3.40. The Bertz CT molecular complexity index is 602. The lowest BCUT2D eigenvalue weighted by atomic mass is 9.87. The maximum atomic E-state index is 12.5. The number of carbonyl (C=O) groups is 1. The average molecular weight is 315 g/mol. The summed E-state index contributed by atoms with van der Waals surface area (Å²) in [5.74, 6) is 1.90. The molecule has 0 aromatic heterocycles. The second-order valence-corrected chi connectivity index (χ2v) is 8.60. The fourth-order valence-electron chi connectivity index (χ4n) is 4.26. The molecule has 2 saturated carbocycles. The number of amides is 1. The van der Waals surface area contributed by atoms with Gasteiger partial charge >= 0.3 is 0 Å². The number of allylic oxidation sites excluding steroid dienone is 1. The van der Waals surface area contributed by atoms with Gasteiger partial charge in [0.1, 0.15) is 12.6 Å². The van der Waals surface area contributed by atoms with Crippen LogP contribution in [0.15, 0.2) is 28.9 Å². The Balaban J connectivity index is 1.48. The average Bonchev–Trinajstić information content (AvgIpc) is 3.15. The summed E-state index contributed by atoms with van der Waals surface area (Å²) in [7, 11) is 2.09. The quantitative estimate of drug-likeness (QED) is 0.751. The smallest absolute Gasteiger partial charge is 0.268 e. The molecule has 0 aromatic carbocycles. The van der Waals surface area contributed by atoms with E-state index in [1.807, 2.05) is 19.2 Å². The lowest BCUT2D eigenvalue weighted by molar-refractivity contribution is -0.118. The van der Waals surface area contributed by atoms with E-state index in [9.17, 15) is 4.79 Å². The topological polar surface area (TPSA) is 53.5 Å². The predicted molar refractivity (Wildman–Crippen MR) is 93.5 cm³/mol. The Morgan fingerprint density at radius 2 is 2.32 bits per heavy atom. The molecule has 4 nitrogen and oxygen atoms in total. The highest BCUT2D eigenvalue weighted by atomic mass is 32.2. The fraction of sp³-hybridized carbons (Fsp3) is 0.625. The van der Waals surface area contributed by atoms with Crippen LogP contribution in [-0.2, 0) is 4.79 Å². The van der Waals surface area contributed by atoms with Gasteiger partial charge in [-0.1, -0.05) is 24.3 Å². The lowest BCUT2D eigenvalue weighted by Crippen LogP contribution is -2.38. The van der Waals surface area contributed by atoms with Gasteiger partial charge in [0.25, 0.3) is 5.91 Å². The number of nitrogens with one attached hydrogen (secondary N) is 2. The number of thioether (sulfide) groups is 1. The van der Waals surface area contributed by atoms with E-state index in [1.165, 1.54) is 25.7 Å². The van der Waals surface area contributed by atoms with Crippen LogP contribution in [0, 0.1) is 11.8 Å². The molecule has 1 amide bonds. The summed E-state index contributed by atoms with van der Waals surface area (Å²) in [6, 6.07) is 0.525. The van der Waals surface area contributed by atoms with Gasteiger partial charge in [-0.15, -0.1) is 0 Å². The zero-order chi connectivity index (χ0) is 15.3. The van der Waals surface area contributed by atoms with Crippen molar-refractivity contribution in [2.24, 2.45) is 16.8 Å². The van der Waals surface area contributed by atoms with E-state index in [2.05, 4.69) is 29.5 Å². The van der Waals surface area contributed by atoms with Crippen LogP contribution in [0.1, 0.15) is 32.6 Å². The molecular weight excluding hydrogens is 293 g/mol. The van der Waals surface area contributed by atoms with Crippen LogP contribution in [0.5, 0.6) is 0 Å². The molecule has 5 unspecified atom stereocenters. The number of dihydropyridines is 1. The summed E-state index contributed by atoms with van der Waals surface area (Å²) in [6.45, 7) is 1.99. The molecule has 2 aliphatic carbocycles. The third-order valence-corrected chi connectivity index (χ3v) is 6.78. The number of carbonyl (C=O) groups excluding carboxylic acids is 1. The molecule has 2 fully saturated rings. The third-order valence-electron chi connectivity index (χ3n) is 5.56. The molecule has 5 atom stereocenters. The van der Waals surface area contributed by atoms with E-state index in [4.69, 9.17) is 0 Å². The van der Waals surface area contributed by atoms with Crippen LogP contribution in [0.25, 0.3) is 0 Å². The SMILES string of the molecule is BC1C=C(C2(C)SC(NC3CC4CCC3C4)=NC2=O)C=CN1. The third kappa shape index (κ3) is 2.32. The Hall–Kier alpha value is -1.17. The number of fused-ring (bicyclic) bond motifs is 2. The molecule has 0 spiro atoms. The molecule has 0 radical (unpaired) electrons. The molecule has 4 aliphatic rings. The summed E-state index contributed by atoms with van der Waals surface area (Å²) < 4.78 is -0.577. The summed E-state index contributed by atoms with van der Waals surface area (Å²) in [6.07, 6.45) is 11.4. The van der Waals surface area contributed by atoms with Crippen LogP contribution in [0.3, 0.4) is 0 Å². The van der Waals surface area contributed by atoms with Crippen molar-refractivity contribution in [1.82, 2.24) is 10.6 Å². The number of nitrogens with zero attached hydrogens (tertiary/aromatic N) is 1. The maximum Gasteiger partial charge on any atom is 0.268 e. The molecular formula is C16H22BN3OS. The second-order valence-electron chi connectivity index (χ2n) is 7.19. The highest BCUT2D eigenvalue weighted by Gasteiger charge is 2.46. The molecule has 22 heavy (non-hydrogen) atoms. The molecule has 0 saturated heterocycles. The monoisotopic (exact) mass is 315 g/mol. The molecule has 2 heterocycles. The summed E-state index contributed by atoms with van der Waals surface area (Å²) in [4.78, 5) is 16.8. The van der Waals surface area contributed by atoms with Crippen molar-refractivity contribution in [3.8, 4) is 0 Å². The van der Waals surface area contributed by atoms with Crippen LogP contribution in [-0.4, -0.2) is 35.7 Å². The van der Waals surface area contributed by atoms with Gasteiger partial charge in [-0.2, -0.15) is 4.99 Å². The van der Waals surface area contributed by atoms with E-state index >= 15 is 0 Å². The summed E-state index contributed by atoms with van der Waals surface area (Å²) in [5.41, 5.74) is 1.06. The first-order valence-corrected chi connectivity index (χ1v) is 9.10. The van der Waals surface area contributed by atoms with Gasteiger partial charge in [0.05, 0.1) is 0 Å². The minimum atomic E-state index is -0.577. The van der Waals surface area contributed by atoms with Crippen molar-refractivity contribution in [2.45, 2.75) is 49.3 Å². The molecule has 0 aromatic rings. The molecule has 2 aliphatic heterocycles. The number of hydrogen-bond donors (Lipinski definition) is 2. The normalized spacial score (nSPS) is 43.0. The van der Waals surface area contributed by atoms with E-state index in [-0.39, 0.29) is 11.8 Å². The number of hydrogen-bond acceptors (Lipinski definition) is 4. The van der Waals surface area contributed by atoms with E-state index in [0.717, 1.165) is 22.6 Å². The summed E-state index contributed by atoms with van der Waals surface area (Å²) >= 11 is 1.59. The summed E-state index contributed by atoms with van der Waals surface area (Å²) in [5, 5.41) is 7.62. The van der Waals surface area contributed by atoms with Gasteiger partial charge in [-0.05, 0) is 55.9 Å². The van der Waals surface area contributed by atoms with Gasteiger partial charge in [-0.3, -0.25) is 4.79 Å². The van der Waals surface area contributed by atoms with Crippen molar-refractivity contribution in [2.75, 3.05) is 0 Å². The highest BCUT2D eigenvalue weighted by Crippen LogP contribution is 2.46. The van der Waals surface area contributed by atoms with Gasteiger partial charge in [0, 0.05) is 12.0 Å². The number of amidine groups is 1. The predicted octanol–water partition coefficient (Wildman–Crippen LogP) is 1.16. The molecule has 2 N–H and O–H groups in total. The Morgan fingerprint density at radius 3 is 3.00 bits per heavy atom. The minimum absolute atomic E-state index is 0.0341. The second kappa shape index (κ2) is 5.19. The van der Waals surface area contributed by atoms with Crippen molar-refractivity contribution in [1.29, 1.82) is 0 Å². The number of aliphatic imine (C=N–C) groups is 1. The first-order chi connectivity index (χ1) is 10.5. The zero-order valence-corrected chi connectivity index (χ0v) is 14.0. The zero-order valence-electron chi connectivity index (χ0n) is 13.1. The van der Waals surface area contributed by atoms with Crippen LogP contribution in [0.4, 0.5) is 0 Å². The Labute approximate surface area is 136 Å². The van der Waals surface area contributed by atoms with Crippen molar-refractivity contribution < 1.29 is 4.79 Å². The fourth-order valence-corrected chi connectivity index (χ4v) is 5.38. The highest BCUT2D eigenvalue weighted by molar-refractivity contribution is 8.16.